The number of morpholine rings is 1. The number of amides is 2. The molecular formula is C21H25N3O3. The van der Waals surface area contributed by atoms with Crippen LogP contribution in [0, 0.1) is 13.8 Å². The third-order valence-corrected chi connectivity index (χ3v) is 4.60. The Hall–Kier alpha value is -2.86. The van der Waals surface area contributed by atoms with Crippen LogP contribution in [-0.4, -0.2) is 38.1 Å². The van der Waals surface area contributed by atoms with Gasteiger partial charge in [-0.05, 0) is 37.1 Å². The Morgan fingerprint density at radius 2 is 1.56 bits per heavy atom. The number of rotatable bonds is 5. The summed E-state index contributed by atoms with van der Waals surface area (Å²) in [5.41, 5.74) is 4.38. The van der Waals surface area contributed by atoms with Crippen molar-refractivity contribution in [3.63, 3.8) is 0 Å². The van der Waals surface area contributed by atoms with E-state index < -0.39 is 0 Å². The van der Waals surface area contributed by atoms with Crippen molar-refractivity contribution in [1.29, 1.82) is 0 Å². The highest BCUT2D eigenvalue weighted by atomic mass is 16.5. The number of ether oxygens (including phenoxy) is 1. The summed E-state index contributed by atoms with van der Waals surface area (Å²) < 4.78 is 5.39. The SMILES string of the molecule is Cc1cccc(C)c1NC(=O)CC(=O)Nc1ccccc1N1CCOCC1. The second kappa shape index (κ2) is 8.68. The highest BCUT2D eigenvalue weighted by Gasteiger charge is 2.17. The number of carbonyl (C=O) groups is 2. The van der Waals surface area contributed by atoms with Crippen LogP contribution >= 0.6 is 0 Å². The van der Waals surface area contributed by atoms with Crippen LogP contribution in [0.2, 0.25) is 0 Å². The number of nitrogens with zero attached hydrogens (tertiary/aromatic N) is 1. The maximum atomic E-state index is 12.4. The first-order valence-electron chi connectivity index (χ1n) is 9.12. The highest BCUT2D eigenvalue weighted by molar-refractivity contribution is 6.09. The minimum absolute atomic E-state index is 0.231. The monoisotopic (exact) mass is 367 g/mol. The highest BCUT2D eigenvalue weighted by Crippen LogP contribution is 2.26. The third-order valence-electron chi connectivity index (χ3n) is 4.60. The maximum Gasteiger partial charge on any atom is 0.233 e. The summed E-state index contributed by atoms with van der Waals surface area (Å²) in [6.45, 7) is 6.75. The maximum absolute atomic E-state index is 12.4. The first-order chi connectivity index (χ1) is 13.0. The van der Waals surface area contributed by atoms with Gasteiger partial charge in [-0.2, -0.15) is 0 Å². The average molecular weight is 367 g/mol. The Morgan fingerprint density at radius 1 is 0.926 bits per heavy atom. The number of para-hydroxylation sites is 3. The molecule has 0 atom stereocenters. The molecule has 0 spiro atoms. The summed E-state index contributed by atoms with van der Waals surface area (Å²) >= 11 is 0. The quantitative estimate of drug-likeness (QED) is 0.797. The Labute approximate surface area is 159 Å². The van der Waals surface area contributed by atoms with Crippen molar-refractivity contribution in [3.8, 4) is 0 Å². The summed E-state index contributed by atoms with van der Waals surface area (Å²) in [5.74, 6) is -0.659. The molecular weight excluding hydrogens is 342 g/mol. The summed E-state index contributed by atoms with van der Waals surface area (Å²) in [7, 11) is 0. The van der Waals surface area contributed by atoms with Gasteiger partial charge in [0, 0.05) is 18.8 Å². The van der Waals surface area contributed by atoms with Crippen molar-refractivity contribution in [1.82, 2.24) is 0 Å². The molecule has 0 bridgehead atoms. The predicted octanol–water partition coefficient (Wildman–Crippen LogP) is 3.11. The van der Waals surface area contributed by atoms with Gasteiger partial charge < -0.3 is 20.3 Å². The van der Waals surface area contributed by atoms with Crippen LogP contribution in [0.5, 0.6) is 0 Å². The van der Waals surface area contributed by atoms with Crippen molar-refractivity contribution in [2.45, 2.75) is 20.3 Å². The van der Waals surface area contributed by atoms with Crippen molar-refractivity contribution in [2.75, 3.05) is 41.8 Å². The Kier molecular flexibility index (Phi) is 6.08. The van der Waals surface area contributed by atoms with E-state index in [1.165, 1.54) is 0 Å². The van der Waals surface area contributed by atoms with E-state index in [0.29, 0.717) is 18.9 Å². The fourth-order valence-electron chi connectivity index (χ4n) is 3.19. The molecule has 0 radical (unpaired) electrons. The molecule has 142 valence electrons. The van der Waals surface area contributed by atoms with Crippen LogP contribution in [0.4, 0.5) is 17.1 Å². The zero-order valence-electron chi connectivity index (χ0n) is 15.7. The summed E-state index contributed by atoms with van der Waals surface area (Å²) in [6, 6.07) is 13.4. The van der Waals surface area contributed by atoms with Crippen molar-refractivity contribution < 1.29 is 14.3 Å². The molecule has 1 heterocycles. The molecule has 1 aliphatic heterocycles. The van der Waals surface area contributed by atoms with Crippen LogP contribution in [0.25, 0.3) is 0 Å². The molecule has 1 fully saturated rings. The van der Waals surface area contributed by atoms with Crippen molar-refractivity contribution >= 4 is 28.9 Å². The van der Waals surface area contributed by atoms with Gasteiger partial charge in [0.1, 0.15) is 6.42 Å². The number of carbonyl (C=O) groups excluding carboxylic acids is 2. The molecule has 1 aliphatic rings. The lowest BCUT2D eigenvalue weighted by Gasteiger charge is -2.30. The molecule has 2 N–H and O–H groups in total. The van der Waals surface area contributed by atoms with Crippen molar-refractivity contribution in [2.24, 2.45) is 0 Å². The number of hydrogen-bond acceptors (Lipinski definition) is 4. The van der Waals surface area contributed by atoms with Gasteiger partial charge in [-0.3, -0.25) is 9.59 Å². The van der Waals surface area contributed by atoms with Gasteiger partial charge >= 0.3 is 0 Å². The van der Waals surface area contributed by atoms with E-state index in [1.54, 1.807) is 0 Å². The lowest BCUT2D eigenvalue weighted by molar-refractivity contribution is -0.123. The standard InChI is InChI=1S/C21H25N3O3/c1-15-6-5-7-16(2)21(15)23-20(26)14-19(25)22-17-8-3-4-9-18(17)24-10-12-27-13-11-24/h3-9H,10-14H2,1-2H3,(H,22,25)(H,23,26). The van der Waals surface area contributed by atoms with E-state index in [-0.39, 0.29) is 18.2 Å². The van der Waals surface area contributed by atoms with Gasteiger partial charge in [-0.15, -0.1) is 0 Å². The van der Waals surface area contributed by atoms with Crippen molar-refractivity contribution in [3.05, 3.63) is 53.6 Å². The molecule has 27 heavy (non-hydrogen) atoms. The Balaban J connectivity index is 1.63. The first-order valence-corrected chi connectivity index (χ1v) is 9.12. The molecule has 0 aromatic heterocycles. The van der Waals surface area contributed by atoms with E-state index in [4.69, 9.17) is 4.74 Å². The number of benzene rings is 2. The minimum atomic E-state index is -0.334. The molecule has 1 saturated heterocycles. The molecule has 2 aromatic carbocycles. The molecule has 2 aromatic rings. The molecule has 6 nitrogen and oxygen atoms in total. The van der Waals surface area contributed by atoms with Gasteiger partial charge in [0.15, 0.2) is 0 Å². The number of nitrogens with one attached hydrogen (secondary N) is 2. The predicted molar refractivity (Wildman–Crippen MR) is 107 cm³/mol. The molecule has 6 heteroatoms. The molecule has 2 amide bonds. The van der Waals surface area contributed by atoms with E-state index in [0.717, 1.165) is 35.6 Å². The van der Waals surface area contributed by atoms with Crippen LogP contribution in [-0.2, 0) is 14.3 Å². The lowest BCUT2D eigenvalue weighted by Crippen LogP contribution is -2.36. The molecule has 3 rings (SSSR count). The van der Waals surface area contributed by atoms with E-state index in [1.807, 2.05) is 56.3 Å². The molecule has 0 unspecified atom stereocenters. The number of hydrogen-bond donors (Lipinski definition) is 2. The van der Waals surface area contributed by atoms with Crippen LogP contribution in [0.1, 0.15) is 17.5 Å². The lowest BCUT2D eigenvalue weighted by atomic mass is 10.1. The van der Waals surface area contributed by atoms with E-state index in [9.17, 15) is 9.59 Å². The summed E-state index contributed by atoms with van der Waals surface area (Å²) in [5, 5.41) is 5.72. The second-order valence-corrected chi connectivity index (χ2v) is 6.66. The van der Waals surface area contributed by atoms with Crippen LogP contribution < -0.4 is 15.5 Å². The Bertz CT molecular complexity index is 809. The van der Waals surface area contributed by atoms with Gasteiger partial charge in [0.2, 0.25) is 11.8 Å². The largest absolute Gasteiger partial charge is 0.378 e. The molecule has 0 saturated carbocycles. The topological polar surface area (TPSA) is 70.7 Å². The average Bonchev–Trinajstić information content (AvgIpc) is 2.66. The number of aryl methyl sites for hydroxylation is 2. The summed E-state index contributed by atoms with van der Waals surface area (Å²) in [4.78, 5) is 26.9. The second-order valence-electron chi connectivity index (χ2n) is 6.66. The van der Waals surface area contributed by atoms with Gasteiger partial charge in [0.25, 0.3) is 0 Å². The van der Waals surface area contributed by atoms with Gasteiger partial charge in [-0.1, -0.05) is 30.3 Å². The fourth-order valence-corrected chi connectivity index (χ4v) is 3.19. The zero-order valence-corrected chi connectivity index (χ0v) is 15.7. The van der Waals surface area contributed by atoms with Crippen LogP contribution in [0.3, 0.4) is 0 Å². The smallest absolute Gasteiger partial charge is 0.233 e. The summed E-state index contributed by atoms with van der Waals surface area (Å²) in [6.07, 6.45) is -0.231. The number of anilines is 3. The Morgan fingerprint density at radius 3 is 2.26 bits per heavy atom. The zero-order chi connectivity index (χ0) is 19.2. The van der Waals surface area contributed by atoms with E-state index >= 15 is 0 Å². The fraction of sp³-hybridized carbons (Fsp3) is 0.333. The van der Waals surface area contributed by atoms with Gasteiger partial charge in [0.05, 0.1) is 24.6 Å². The molecule has 0 aliphatic carbocycles. The third kappa shape index (κ3) is 4.86. The normalized spacial score (nSPS) is 13.9. The first kappa shape index (κ1) is 18.9. The van der Waals surface area contributed by atoms with Gasteiger partial charge in [-0.25, -0.2) is 0 Å². The minimum Gasteiger partial charge on any atom is -0.378 e. The van der Waals surface area contributed by atoms with E-state index in [2.05, 4.69) is 15.5 Å². The van der Waals surface area contributed by atoms with Crippen LogP contribution in [0.15, 0.2) is 42.5 Å².